The van der Waals surface area contributed by atoms with Crippen molar-refractivity contribution in [2.24, 2.45) is 5.92 Å². The van der Waals surface area contributed by atoms with Crippen molar-refractivity contribution < 1.29 is 19.0 Å². The van der Waals surface area contributed by atoms with E-state index in [1.807, 2.05) is 71.6 Å². The normalized spacial score (nSPS) is 26.2. The Balaban J connectivity index is 1.35. The van der Waals surface area contributed by atoms with Crippen molar-refractivity contribution in [1.82, 2.24) is 4.90 Å². The average molecular weight is 476 g/mol. The Morgan fingerprint density at radius 1 is 0.882 bits per heavy atom. The van der Waals surface area contributed by atoms with Crippen LogP contribution in [0.2, 0.25) is 0 Å². The molecule has 3 aromatic rings. The molecule has 6 heteroatoms. The molecule has 0 bridgehead atoms. The Morgan fingerprint density at radius 3 is 2.18 bits per heavy atom. The number of rotatable bonds is 8. The summed E-state index contributed by atoms with van der Waals surface area (Å²) >= 11 is 1.64. The molecule has 5 nitrogen and oxygen atoms in total. The Bertz CT molecular complexity index is 1070. The van der Waals surface area contributed by atoms with E-state index in [9.17, 15) is 4.79 Å². The van der Waals surface area contributed by atoms with Crippen LogP contribution < -0.4 is 0 Å². The zero-order chi connectivity index (χ0) is 23.3. The fraction of sp³-hybridized carbons (Fsp3) is 0.321. The topological polar surface area (TPSA) is 48.0 Å². The highest BCUT2D eigenvalue weighted by atomic mass is 32.2. The van der Waals surface area contributed by atoms with Gasteiger partial charge < -0.3 is 14.2 Å². The van der Waals surface area contributed by atoms with Crippen LogP contribution in [-0.4, -0.2) is 41.3 Å². The lowest BCUT2D eigenvalue weighted by Gasteiger charge is -2.42. The van der Waals surface area contributed by atoms with E-state index in [0.29, 0.717) is 19.8 Å². The van der Waals surface area contributed by atoms with Gasteiger partial charge in [0.05, 0.1) is 19.3 Å². The highest BCUT2D eigenvalue weighted by Crippen LogP contribution is 2.43. The molecule has 0 spiro atoms. The Kier molecular flexibility index (Phi) is 7.19. The standard InChI is InChI=1S/C28H29NO4S/c1-20-24(19-31-18-22-13-7-3-8-14-22)32-27(34-23-15-9-4-10-16-23)25-26(20)33-28(30)29(25)17-21-11-5-2-6-12-21/h2-16,20,24-27H,17-19H2,1H3/t20-,24?,25?,26-,27-/m0/s1. The summed E-state index contributed by atoms with van der Waals surface area (Å²) < 4.78 is 18.6. The molecule has 2 aliphatic rings. The molecule has 2 unspecified atom stereocenters. The summed E-state index contributed by atoms with van der Waals surface area (Å²) in [5.74, 6) is 0.0121. The summed E-state index contributed by atoms with van der Waals surface area (Å²) in [5, 5.41) is 0. The average Bonchev–Trinajstić information content (AvgIpc) is 3.20. The van der Waals surface area contributed by atoms with Crippen LogP contribution in [0.25, 0.3) is 0 Å². The molecule has 1 amide bonds. The van der Waals surface area contributed by atoms with Crippen LogP contribution in [0.1, 0.15) is 18.1 Å². The van der Waals surface area contributed by atoms with Gasteiger partial charge in [-0.3, -0.25) is 4.90 Å². The first kappa shape index (κ1) is 23.0. The van der Waals surface area contributed by atoms with Crippen LogP contribution in [0.4, 0.5) is 4.79 Å². The van der Waals surface area contributed by atoms with Crippen LogP contribution in [0.3, 0.4) is 0 Å². The number of hydrogen-bond donors (Lipinski definition) is 0. The predicted molar refractivity (Wildman–Crippen MR) is 132 cm³/mol. The zero-order valence-corrected chi connectivity index (χ0v) is 20.0. The van der Waals surface area contributed by atoms with Crippen molar-refractivity contribution in [3.63, 3.8) is 0 Å². The zero-order valence-electron chi connectivity index (χ0n) is 19.2. The first-order valence-corrected chi connectivity index (χ1v) is 12.6. The van der Waals surface area contributed by atoms with Crippen molar-refractivity contribution in [2.75, 3.05) is 6.61 Å². The molecule has 176 valence electrons. The number of amides is 1. The van der Waals surface area contributed by atoms with E-state index in [0.717, 1.165) is 16.0 Å². The minimum absolute atomic E-state index is 0.0121. The van der Waals surface area contributed by atoms with E-state index >= 15 is 0 Å². The fourth-order valence-corrected chi connectivity index (χ4v) is 5.82. The summed E-state index contributed by atoms with van der Waals surface area (Å²) in [7, 11) is 0. The van der Waals surface area contributed by atoms with Gasteiger partial charge in [-0.2, -0.15) is 0 Å². The lowest BCUT2D eigenvalue weighted by molar-refractivity contribution is -0.134. The van der Waals surface area contributed by atoms with Gasteiger partial charge in [0.1, 0.15) is 17.6 Å². The van der Waals surface area contributed by atoms with E-state index in [-0.39, 0.29) is 35.7 Å². The largest absolute Gasteiger partial charge is 0.443 e. The molecule has 3 aromatic carbocycles. The smallest absolute Gasteiger partial charge is 0.410 e. The molecule has 0 aliphatic carbocycles. The molecular weight excluding hydrogens is 446 g/mol. The summed E-state index contributed by atoms with van der Waals surface area (Å²) in [6.45, 7) is 3.56. The Morgan fingerprint density at radius 2 is 1.50 bits per heavy atom. The second kappa shape index (κ2) is 10.6. The molecule has 0 N–H and O–H groups in total. The molecule has 0 radical (unpaired) electrons. The third-order valence-corrected chi connectivity index (χ3v) is 7.61. The maximum absolute atomic E-state index is 13.0. The number of thioether (sulfide) groups is 1. The number of nitrogens with zero attached hydrogens (tertiary/aromatic N) is 1. The van der Waals surface area contributed by atoms with Gasteiger partial charge in [0.15, 0.2) is 0 Å². The van der Waals surface area contributed by atoms with Crippen molar-refractivity contribution >= 4 is 17.9 Å². The summed E-state index contributed by atoms with van der Waals surface area (Å²) in [6, 6.07) is 30.1. The third kappa shape index (κ3) is 5.14. The Hall–Kier alpha value is -2.80. The molecule has 5 rings (SSSR count). The minimum Gasteiger partial charge on any atom is -0.443 e. The summed E-state index contributed by atoms with van der Waals surface area (Å²) in [5.41, 5.74) is 1.94. The van der Waals surface area contributed by atoms with E-state index < -0.39 is 0 Å². The molecule has 5 atom stereocenters. The number of fused-ring (bicyclic) bond motifs is 1. The number of hydrogen-bond acceptors (Lipinski definition) is 5. The van der Waals surface area contributed by atoms with Crippen molar-refractivity contribution in [3.8, 4) is 0 Å². The van der Waals surface area contributed by atoms with Gasteiger partial charge in [-0.1, -0.05) is 97.5 Å². The Labute approximate surface area is 205 Å². The summed E-state index contributed by atoms with van der Waals surface area (Å²) in [6.07, 6.45) is -0.703. The van der Waals surface area contributed by atoms with E-state index in [1.54, 1.807) is 11.8 Å². The first-order valence-electron chi connectivity index (χ1n) is 11.7. The highest BCUT2D eigenvalue weighted by Gasteiger charge is 2.54. The monoisotopic (exact) mass is 475 g/mol. The lowest BCUT2D eigenvalue weighted by Crippen LogP contribution is -2.56. The predicted octanol–water partition coefficient (Wildman–Crippen LogP) is 5.75. The van der Waals surface area contributed by atoms with Crippen molar-refractivity contribution in [2.45, 2.75) is 48.7 Å². The molecule has 2 fully saturated rings. The van der Waals surface area contributed by atoms with Gasteiger partial charge in [0.2, 0.25) is 0 Å². The van der Waals surface area contributed by atoms with Gasteiger partial charge >= 0.3 is 6.09 Å². The molecule has 2 aliphatic heterocycles. The van der Waals surface area contributed by atoms with Crippen molar-refractivity contribution in [3.05, 3.63) is 102 Å². The molecule has 34 heavy (non-hydrogen) atoms. The SMILES string of the molecule is C[C@H]1C(COCc2ccccc2)O[C@@H](Sc2ccccc2)C2[C@H]1OC(=O)N2Cc1ccccc1. The van der Waals surface area contributed by atoms with Crippen LogP contribution >= 0.6 is 11.8 Å². The molecule has 0 saturated carbocycles. The second-order valence-corrected chi connectivity index (χ2v) is 9.96. The van der Waals surface area contributed by atoms with Crippen LogP contribution in [0.5, 0.6) is 0 Å². The minimum atomic E-state index is -0.279. The maximum atomic E-state index is 13.0. The number of carbonyl (C=O) groups excluding carboxylic acids is 1. The van der Waals surface area contributed by atoms with Gasteiger partial charge in [0, 0.05) is 17.4 Å². The maximum Gasteiger partial charge on any atom is 0.410 e. The lowest BCUT2D eigenvalue weighted by atomic mass is 9.90. The van der Waals surface area contributed by atoms with Gasteiger partial charge in [-0.25, -0.2) is 4.79 Å². The number of benzene rings is 3. The van der Waals surface area contributed by atoms with Gasteiger partial charge in [-0.15, -0.1) is 0 Å². The van der Waals surface area contributed by atoms with Crippen molar-refractivity contribution in [1.29, 1.82) is 0 Å². The van der Waals surface area contributed by atoms with Gasteiger partial charge in [-0.05, 0) is 23.3 Å². The first-order chi connectivity index (χ1) is 16.7. The van der Waals surface area contributed by atoms with Crippen LogP contribution in [0.15, 0.2) is 95.9 Å². The van der Waals surface area contributed by atoms with E-state index in [2.05, 4.69) is 31.2 Å². The van der Waals surface area contributed by atoms with Gasteiger partial charge in [0.25, 0.3) is 0 Å². The molecular formula is C28H29NO4S. The third-order valence-electron chi connectivity index (χ3n) is 6.45. The fourth-order valence-electron chi connectivity index (χ4n) is 4.60. The van der Waals surface area contributed by atoms with Crippen LogP contribution in [-0.2, 0) is 27.4 Å². The van der Waals surface area contributed by atoms with E-state index in [4.69, 9.17) is 14.2 Å². The second-order valence-electron chi connectivity index (χ2n) is 8.79. The van der Waals surface area contributed by atoms with E-state index in [1.165, 1.54) is 0 Å². The number of ether oxygens (including phenoxy) is 3. The quantitative estimate of drug-likeness (QED) is 0.415. The molecule has 0 aromatic heterocycles. The summed E-state index contributed by atoms with van der Waals surface area (Å²) in [4.78, 5) is 15.9. The van der Waals surface area contributed by atoms with Crippen LogP contribution in [0, 0.1) is 5.92 Å². The highest BCUT2D eigenvalue weighted by molar-refractivity contribution is 7.99. The molecule has 2 saturated heterocycles. The molecule has 2 heterocycles. The number of carbonyl (C=O) groups is 1.